The maximum atomic E-state index is 11.2. The number of allylic oxidation sites excluding steroid dienone is 1. The molecule has 0 spiro atoms. The SMILES string of the molecule is N=[N+]=N.N=[N+]=N.O=C1C=Cc2ccccc2C1=O.O=S(=O)(Br)Br. The zero-order valence-electron chi connectivity index (χ0n) is 11.2. The molecule has 13 heteroatoms. The van der Waals surface area contributed by atoms with Gasteiger partial charge in [0.15, 0.2) is 0 Å². The summed E-state index contributed by atoms with van der Waals surface area (Å²) in [5, 5.41) is 0. The van der Waals surface area contributed by atoms with E-state index in [-0.39, 0.29) is 0 Å². The van der Waals surface area contributed by atoms with Crippen molar-refractivity contribution in [2.45, 2.75) is 0 Å². The summed E-state index contributed by atoms with van der Waals surface area (Å²) in [6.07, 6.45) is 2.98. The molecule has 23 heavy (non-hydrogen) atoms. The number of benzene rings is 1. The summed E-state index contributed by atoms with van der Waals surface area (Å²) in [4.78, 5) is 26.1. The van der Waals surface area contributed by atoms with Crippen molar-refractivity contribution in [2.75, 3.05) is 0 Å². The molecule has 1 aromatic carbocycles. The molecule has 2 rings (SSSR count). The Labute approximate surface area is 145 Å². The van der Waals surface area contributed by atoms with Gasteiger partial charge in [-0.25, -0.2) is 8.42 Å². The highest BCUT2D eigenvalue weighted by Crippen LogP contribution is 2.16. The Bertz CT molecular complexity index is 745. The number of fused-ring (bicyclic) bond motifs is 1. The van der Waals surface area contributed by atoms with E-state index >= 15 is 0 Å². The molecule has 0 aliphatic heterocycles. The fraction of sp³-hybridized carbons (Fsp3) is 0. The molecule has 0 saturated carbocycles. The number of nitrogens with zero attached hydrogens (tertiary/aromatic N) is 2. The van der Waals surface area contributed by atoms with Gasteiger partial charge in [0.05, 0.1) is 29.6 Å². The third-order valence-corrected chi connectivity index (χ3v) is 1.84. The van der Waals surface area contributed by atoms with Crippen LogP contribution < -0.4 is 9.82 Å². The highest BCUT2D eigenvalue weighted by Gasteiger charge is 2.19. The van der Waals surface area contributed by atoms with Crippen molar-refractivity contribution in [3.8, 4) is 0 Å². The first kappa shape index (κ1) is 23.1. The van der Waals surface area contributed by atoms with Crippen LogP contribution >= 0.6 is 29.6 Å². The van der Waals surface area contributed by atoms with Crippen LogP contribution in [0.5, 0.6) is 0 Å². The van der Waals surface area contributed by atoms with E-state index in [0.717, 1.165) is 5.56 Å². The van der Waals surface area contributed by atoms with E-state index in [1.807, 2.05) is 22.0 Å². The lowest BCUT2D eigenvalue weighted by atomic mass is 9.96. The third-order valence-electron chi connectivity index (χ3n) is 1.84. The highest BCUT2D eigenvalue weighted by atomic mass is 79.9. The van der Waals surface area contributed by atoms with Crippen LogP contribution in [0, 0.1) is 22.1 Å². The summed E-state index contributed by atoms with van der Waals surface area (Å²) < 4.78 is 18.9. The lowest BCUT2D eigenvalue weighted by Gasteiger charge is -2.06. The molecule has 122 valence electrons. The minimum absolute atomic E-state index is 0.409. The minimum atomic E-state index is -3.04. The first-order valence-corrected chi connectivity index (χ1v) is 10.4. The van der Waals surface area contributed by atoms with Crippen LogP contribution in [0.2, 0.25) is 0 Å². The van der Waals surface area contributed by atoms with Gasteiger partial charge in [0.2, 0.25) is 21.4 Å². The van der Waals surface area contributed by atoms with Crippen molar-refractivity contribution in [2.24, 2.45) is 0 Å². The smallest absolute Gasteiger partial charge is 0.268 e. The number of nitrogens with one attached hydrogen (secondary N) is 4. The van der Waals surface area contributed by atoms with Crippen LogP contribution in [0.25, 0.3) is 6.08 Å². The number of hydrogen-bond donors (Lipinski definition) is 4. The van der Waals surface area contributed by atoms with Gasteiger partial charge in [0.1, 0.15) is 22.1 Å². The van der Waals surface area contributed by atoms with Crippen molar-refractivity contribution >= 4 is 54.0 Å². The van der Waals surface area contributed by atoms with E-state index in [1.165, 1.54) is 6.08 Å². The van der Waals surface area contributed by atoms with E-state index < -0.39 is 18.3 Å². The third kappa shape index (κ3) is 13.2. The van der Waals surface area contributed by atoms with Gasteiger partial charge in [-0.05, 0) is 11.6 Å². The average molecular weight is 470 g/mol. The molecule has 0 saturated heterocycles. The standard InChI is InChI=1S/C10H6O2.Br2O2S.2H2N3/c11-9-6-5-7-3-1-2-4-8(7)10(9)12;1-5(2,3)4;2*1-3-2/h1-6H;;2*1-2H/q;;2*+1. The van der Waals surface area contributed by atoms with Crippen LogP contribution in [0.1, 0.15) is 15.9 Å². The fourth-order valence-corrected chi connectivity index (χ4v) is 1.22. The quantitative estimate of drug-likeness (QED) is 0.196. The molecule has 0 unspecified atom stereocenters. The summed E-state index contributed by atoms with van der Waals surface area (Å²) in [7, 11) is 0. The minimum Gasteiger partial charge on any atom is -0.286 e. The molecule has 0 radical (unpaired) electrons. The van der Waals surface area contributed by atoms with Gasteiger partial charge in [0.25, 0.3) is 6.70 Å². The number of carbonyl (C=O) groups excluding carboxylic acids is 2. The second-order valence-corrected chi connectivity index (χ2v) is 11.7. The summed E-state index contributed by atoms with van der Waals surface area (Å²) in [6.45, 7) is -3.04. The van der Waals surface area contributed by atoms with Gasteiger partial charge in [-0.15, -0.1) is 0 Å². The van der Waals surface area contributed by atoms with Gasteiger partial charge >= 0.3 is 0 Å². The maximum Gasteiger partial charge on any atom is 0.268 e. The first-order valence-electron chi connectivity index (χ1n) is 5.18. The van der Waals surface area contributed by atoms with Crippen LogP contribution in [-0.4, -0.2) is 20.0 Å². The van der Waals surface area contributed by atoms with Gasteiger partial charge in [-0.3, -0.25) is 9.59 Å². The van der Waals surface area contributed by atoms with Crippen LogP contribution in [0.15, 0.2) is 30.3 Å². The van der Waals surface area contributed by atoms with Gasteiger partial charge in [-0.1, -0.05) is 30.3 Å². The average Bonchev–Trinajstić information content (AvgIpc) is 2.43. The van der Waals surface area contributed by atoms with E-state index in [0.29, 0.717) is 5.56 Å². The molecule has 1 aromatic rings. The number of carbonyl (C=O) groups is 2. The number of Topliss-reactive ketones (excluding diaryl/α,β-unsaturated/α-hetero) is 1. The molecule has 0 atom stereocenters. The molecule has 1 aliphatic carbocycles. The molecule has 0 heterocycles. The number of halogens is 2. The van der Waals surface area contributed by atoms with E-state index in [2.05, 4.69) is 29.6 Å². The molecule has 4 N–H and O–H groups in total. The molecule has 1 aliphatic rings. The van der Waals surface area contributed by atoms with Gasteiger partial charge < -0.3 is 0 Å². The van der Waals surface area contributed by atoms with E-state index in [4.69, 9.17) is 22.1 Å². The lowest BCUT2D eigenvalue weighted by Crippen LogP contribution is -2.15. The summed E-state index contributed by atoms with van der Waals surface area (Å²) in [6, 6.07) is 7.07. The molecule has 0 aromatic heterocycles. The molecule has 0 fully saturated rings. The first-order chi connectivity index (χ1) is 10.6. The highest BCUT2D eigenvalue weighted by molar-refractivity contribution is 9.79. The largest absolute Gasteiger partial charge is 0.286 e. The lowest BCUT2D eigenvalue weighted by molar-refractivity contribution is -0.110. The van der Waals surface area contributed by atoms with Crippen LogP contribution in [0.3, 0.4) is 0 Å². The predicted octanol–water partition coefficient (Wildman–Crippen LogP) is 2.72. The Kier molecular flexibility index (Phi) is 12.4. The Morgan fingerprint density at radius 1 is 0.870 bits per heavy atom. The predicted molar refractivity (Wildman–Crippen MR) is 86.7 cm³/mol. The Morgan fingerprint density at radius 2 is 1.26 bits per heavy atom. The molecule has 0 amide bonds. The monoisotopic (exact) mass is 468 g/mol. The van der Waals surface area contributed by atoms with E-state index in [1.54, 1.807) is 18.2 Å². The zero-order valence-corrected chi connectivity index (χ0v) is 15.1. The Hall–Kier alpha value is -2.17. The van der Waals surface area contributed by atoms with Crippen LogP contribution in [-0.2, 0) is 11.5 Å². The van der Waals surface area contributed by atoms with Crippen molar-refractivity contribution in [1.82, 2.24) is 9.82 Å². The summed E-state index contributed by atoms with van der Waals surface area (Å²) >= 11 is 4.53. The molecular weight excluding hydrogens is 460 g/mol. The van der Waals surface area contributed by atoms with Crippen molar-refractivity contribution in [3.05, 3.63) is 41.5 Å². The number of hydrogen-bond acceptors (Lipinski definition) is 8. The number of rotatable bonds is 0. The van der Waals surface area contributed by atoms with Gasteiger partial charge in [-0.2, -0.15) is 0 Å². The van der Waals surface area contributed by atoms with Crippen LogP contribution in [0.4, 0.5) is 0 Å². The number of ketones is 2. The topological polar surface area (TPSA) is 192 Å². The Morgan fingerprint density at radius 3 is 1.70 bits per heavy atom. The summed E-state index contributed by atoms with van der Waals surface area (Å²) in [5.74, 6) is -0.846. The zero-order chi connectivity index (χ0) is 18.5. The second kappa shape index (κ2) is 12.4. The summed E-state index contributed by atoms with van der Waals surface area (Å²) in [5.41, 5.74) is 23.3. The van der Waals surface area contributed by atoms with Gasteiger partial charge in [0, 0.05) is 5.56 Å². The molecule has 0 bridgehead atoms. The normalized spacial score (nSPS) is 10.9. The van der Waals surface area contributed by atoms with Crippen molar-refractivity contribution < 1.29 is 18.0 Å². The second-order valence-electron chi connectivity index (χ2n) is 3.22. The van der Waals surface area contributed by atoms with Crippen molar-refractivity contribution in [3.63, 3.8) is 0 Å². The maximum absolute atomic E-state index is 11.2. The Balaban J connectivity index is 0. The molecular formula is C10H10Br2N6O4S+2. The molecule has 10 nitrogen and oxygen atoms in total. The van der Waals surface area contributed by atoms with Crippen molar-refractivity contribution in [1.29, 1.82) is 22.1 Å². The van der Waals surface area contributed by atoms with E-state index in [9.17, 15) is 18.0 Å². The fourth-order valence-electron chi connectivity index (χ4n) is 1.22.